The molecule has 4 rings (SSSR count). The topological polar surface area (TPSA) is 63.2 Å². The van der Waals surface area contributed by atoms with E-state index in [0.29, 0.717) is 21.7 Å². The number of benzene rings is 2. The molecule has 2 unspecified atom stereocenters. The van der Waals surface area contributed by atoms with Gasteiger partial charge < -0.3 is 5.32 Å². The van der Waals surface area contributed by atoms with Gasteiger partial charge in [-0.15, -0.1) is 11.3 Å². The molecule has 28 heavy (non-hydrogen) atoms. The summed E-state index contributed by atoms with van der Waals surface area (Å²) in [4.78, 5) is 38.7. The molecule has 2 aromatic carbocycles. The summed E-state index contributed by atoms with van der Waals surface area (Å²) in [7, 11) is 0. The normalized spacial score (nSPS) is 17.8. The van der Waals surface area contributed by atoms with Crippen LogP contribution in [0.5, 0.6) is 0 Å². The average molecular weight is 389 g/mol. The van der Waals surface area contributed by atoms with Gasteiger partial charge in [0.05, 0.1) is 15.7 Å². The molecule has 0 spiro atoms. The third-order valence-corrected chi connectivity index (χ3v) is 6.26. The standard InChI is InChI=1S/C23H19NO3S/c1-14(25)19-11-12-20(28-19)22(26)21-17-10-6-5-9-16(17)13-18(21)24-23(27)15-7-3-2-4-8-15/h2-12,18,21H,13H2,1H3,(H,24,27). The lowest BCUT2D eigenvalue weighted by atomic mass is 9.92. The Balaban J connectivity index is 1.65. The van der Waals surface area contributed by atoms with E-state index in [1.54, 1.807) is 24.3 Å². The van der Waals surface area contributed by atoms with Gasteiger partial charge in [0.25, 0.3) is 5.91 Å². The first-order valence-corrected chi connectivity index (χ1v) is 9.95. The lowest BCUT2D eigenvalue weighted by Crippen LogP contribution is -2.40. The Kier molecular flexibility index (Phi) is 4.92. The summed E-state index contributed by atoms with van der Waals surface area (Å²) in [6, 6.07) is 19.9. The molecule has 1 heterocycles. The van der Waals surface area contributed by atoms with Gasteiger partial charge in [-0.25, -0.2) is 0 Å². The monoisotopic (exact) mass is 389 g/mol. The van der Waals surface area contributed by atoms with Gasteiger partial charge in [-0.2, -0.15) is 0 Å². The van der Waals surface area contributed by atoms with E-state index in [-0.39, 0.29) is 23.5 Å². The number of rotatable bonds is 5. The molecular weight excluding hydrogens is 370 g/mol. The Hall–Kier alpha value is -3.05. The highest BCUT2D eigenvalue weighted by molar-refractivity contribution is 7.16. The summed E-state index contributed by atoms with van der Waals surface area (Å²) in [5.74, 6) is -0.750. The first kappa shape index (κ1) is 18.3. The summed E-state index contributed by atoms with van der Waals surface area (Å²) in [5.41, 5.74) is 2.59. The van der Waals surface area contributed by atoms with Gasteiger partial charge in [-0.1, -0.05) is 42.5 Å². The zero-order chi connectivity index (χ0) is 19.7. The molecule has 1 N–H and O–H groups in total. The Morgan fingerprint density at radius 2 is 1.57 bits per heavy atom. The van der Waals surface area contributed by atoms with E-state index >= 15 is 0 Å². The van der Waals surface area contributed by atoms with E-state index in [1.807, 2.05) is 42.5 Å². The highest BCUT2D eigenvalue weighted by Gasteiger charge is 2.39. The highest BCUT2D eigenvalue weighted by Crippen LogP contribution is 2.37. The van der Waals surface area contributed by atoms with Gasteiger partial charge in [0.15, 0.2) is 11.6 Å². The van der Waals surface area contributed by atoms with Gasteiger partial charge in [0.1, 0.15) is 0 Å². The first-order valence-electron chi connectivity index (χ1n) is 9.13. The van der Waals surface area contributed by atoms with Crippen LogP contribution in [-0.2, 0) is 6.42 Å². The maximum absolute atomic E-state index is 13.3. The predicted octanol–water partition coefficient (Wildman–Crippen LogP) is 4.27. The third kappa shape index (κ3) is 3.41. The van der Waals surface area contributed by atoms with Crippen molar-refractivity contribution in [2.45, 2.75) is 25.3 Å². The fraction of sp³-hybridized carbons (Fsp3) is 0.174. The molecule has 1 aliphatic carbocycles. The van der Waals surface area contributed by atoms with E-state index in [0.717, 1.165) is 11.1 Å². The van der Waals surface area contributed by atoms with E-state index in [4.69, 9.17) is 0 Å². The van der Waals surface area contributed by atoms with Crippen LogP contribution in [0.1, 0.15) is 53.7 Å². The van der Waals surface area contributed by atoms with Crippen molar-refractivity contribution in [3.8, 4) is 0 Å². The van der Waals surface area contributed by atoms with Crippen LogP contribution in [0.25, 0.3) is 0 Å². The highest BCUT2D eigenvalue weighted by atomic mass is 32.1. The molecule has 2 atom stereocenters. The first-order chi connectivity index (χ1) is 13.5. The molecule has 1 aromatic heterocycles. The van der Waals surface area contributed by atoms with Crippen molar-refractivity contribution < 1.29 is 14.4 Å². The zero-order valence-electron chi connectivity index (χ0n) is 15.3. The van der Waals surface area contributed by atoms with Crippen LogP contribution >= 0.6 is 11.3 Å². The van der Waals surface area contributed by atoms with E-state index in [1.165, 1.54) is 18.3 Å². The number of hydrogen-bond acceptors (Lipinski definition) is 4. The number of amides is 1. The summed E-state index contributed by atoms with van der Waals surface area (Å²) >= 11 is 1.22. The average Bonchev–Trinajstić information content (AvgIpc) is 3.33. The zero-order valence-corrected chi connectivity index (χ0v) is 16.2. The number of carbonyl (C=O) groups is 3. The van der Waals surface area contributed by atoms with Crippen molar-refractivity contribution in [3.05, 3.63) is 93.2 Å². The van der Waals surface area contributed by atoms with Crippen LogP contribution in [0.3, 0.4) is 0 Å². The number of Topliss-reactive ketones (excluding diaryl/α,β-unsaturated/α-hetero) is 2. The number of hydrogen-bond donors (Lipinski definition) is 1. The second-order valence-electron chi connectivity index (χ2n) is 6.91. The van der Waals surface area contributed by atoms with Gasteiger partial charge >= 0.3 is 0 Å². The molecule has 3 aromatic rings. The molecule has 0 saturated carbocycles. The van der Waals surface area contributed by atoms with Crippen LogP contribution in [0.15, 0.2) is 66.7 Å². The van der Waals surface area contributed by atoms with E-state index in [9.17, 15) is 14.4 Å². The summed E-state index contributed by atoms with van der Waals surface area (Å²) in [6.45, 7) is 1.49. The van der Waals surface area contributed by atoms with Crippen molar-refractivity contribution in [1.82, 2.24) is 5.32 Å². The van der Waals surface area contributed by atoms with E-state index in [2.05, 4.69) is 5.32 Å². The number of fused-ring (bicyclic) bond motifs is 1. The van der Waals surface area contributed by atoms with Crippen LogP contribution < -0.4 is 5.32 Å². The number of ketones is 2. The Morgan fingerprint density at radius 3 is 2.29 bits per heavy atom. The maximum atomic E-state index is 13.3. The van der Waals surface area contributed by atoms with Crippen molar-refractivity contribution in [1.29, 1.82) is 0 Å². The summed E-state index contributed by atoms with van der Waals surface area (Å²) in [6.07, 6.45) is 0.607. The smallest absolute Gasteiger partial charge is 0.251 e. The summed E-state index contributed by atoms with van der Waals surface area (Å²) < 4.78 is 0. The lowest BCUT2D eigenvalue weighted by molar-refractivity contribution is 0.0900. The van der Waals surface area contributed by atoms with Crippen molar-refractivity contribution >= 4 is 28.8 Å². The minimum atomic E-state index is -0.456. The number of nitrogens with one attached hydrogen (secondary N) is 1. The maximum Gasteiger partial charge on any atom is 0.251 e. The minimum absolute atomic E-state index is 0.0511. The van der Waals surface area contributed by atoms with Crippen molar-refractivity contribution in [3.63, 3.8) is 0 Å². The van der Waals surface area contributed by atoms with Crippen molar-refractivity contribution in [2.24, 2.45) is 0 Å². The molecule has 0 radical (unpaired) electrons. The fourth-order valence-corrected chi connectivity index (χ4v) is 4.59. The Morgan fingerprint density at radius 1 is 0.893 bits per heavy atom. The molecule has 140 valence electrons. The van der Waals surface area contributed by atoms with Crippen LogP contribution in [0.4, 0.5) is 0 Å². The number of thiophene rings is 1. The molecule has 5 heteroatoms. The van der Waals surface area contributed by atoms with Crippen LogP contribution in [-0.4, -0.2) is 23.5 Å². The van der Waals surface area contributed by atoms with Gasteiger partial charge in [0.2, 0.25) is 0 Å². The van der Waals surface area contributed by atoms with Gasteiger partial charge in [-0.3, -0.25) is 14.4 Å². The molecule has 4 nitrogen and oxygen atoms in total. The molecule has 0 aliphatic heterocycles. The van der Waals surface area contributed by atoms with Gasteiger partial charge in [0, 0.05) is 11.6 Å². The fourth-order valence-electron chi connectivity index (χ4n) is 3.71. The Labute approximate surface area is 167 Å². The largest absolute Gasteiger partial charge is 0.348 e. The minimum Gasteiger partial charge on any atom is -0.348 e. The Bertz CT molecular complexity index is 1050. The molecule has 0 bridgehead atoms. The second-order valence-corrected chi connectivity index (χ2v) is 7.99. The molecule has 0 saturated heterocycles. The quantitative estimate of drug-likeness (QED) is 0.663. The van der Waals surface area contributed by atoms with Gasteiger partial charge in [-0.05, 0) is 48.7 Å². The SMILES string of the molecule is CC(=O)c1ccc(C(=O)C2c3ccccc3CC2NC(=O)c2ccccc2)s1. The molecule has 1 aliphatic rings. The second kappa shape index (κ2) is 7.52. The van der Waals surface area contributed by atoms with Crippen molar-refractivity contribution in [2.75, 3.05) is 0 Å². The van der Waals surface area contributed by atoms with E-state index < -0.39 is 5.92 Å². The molecule has 1 amide bonds. The summed E-state index contributed by atoms with van der Waals surface area (Å²) in [5, 5.41) is 3.05. The van der Waals surface area contributed by atoms with Crippen LogP contribution in [0.2, 0.25) is 0 Å². The number of carbonyl (C=O) groups excluding carboxylic acids is 3. The predicted molar refractivity (Wildman–Crippen MR) is 109 cm³/mol. The molecular formula is C23H19NO3S. The van der Waals surface area contributed by atoms with Crippen LogP contribution in [0, 0.1) is 0 Å². The third-order valence-electron chi connectivity index (χ3n) is 5.06. The molecule has 0 fully saturated rings. The lowest BCUT2D eigenvalue weighted by Gasteiger charge is -2.20.